The quantitative estimate of drug-likeness (QED) is 0.798. The van der Waals surface area contributed by atoms with Crippen LogP contribution in [-0.2, 0) is 11.3 Å². The Morgan fingerprint density at radius 2 is 2.26 bits per heavy atom. The number of hydrogen-bond acceptors (Lipinski definition) is 3. The molecule has 4 rings (SSSR count). The van der Waals surface area contributed by atoms with Gasteiger partial charge >= 0.3 is 0 Å². The van der Waals surface area contributed by atoms with Crippen LogP contribution in [0.25, 0.3) is 0 Å². The normalized spacial score (nSPS) is 16.9. The number of nitrogens with zero attached hydrogens (tertiary/aromatic N) is 2. The Balaban J connectivity index is 1.73. The number of amides is 1. The van der Waals surface area contributed by atoms with Crippen molar-refractivity contribution < 1.29 is 9.21 Å². The molecule has 5 nitrogen and oxygen atoms in total. The van der Waals surface area contributed by atoms with Crippen LogP contribution in [0, 0.1) is 0 Å². The molecule has 6 heteroatoms. The van der Waals surface area contributed by atoms with Gasteiger partial charge in [0, 0.05) is 22.9 Å². The molecule has 0 saturated carbocycles. The lowest BCUT2D eigenvalue weighted by Gasteiger charge is -2.23. The van der Waals surface area contributed by atoms with Crippen molar-refractivity contribution in [2.24, 2.45) is 0 Å². The van der Waals surface area contributed by atoms with E-state index in [1.165, 1.54) is 0 Å². The van der Waals surface area contributed by atoms with Gasteiger partial charge in [0.25, 0.3) is 0 Å². The van der Waals surface area contributed by atoms with E-state index in [-0.39, 0.29) is 11.8 Å². The van der Waals surface area contributed by atoms with Gasteiger partial charge in [-0.3, -0.25) is 4.79 Å². The molecule has 2 aromatic heterocycles. The molecule has 116 valence electrons. The molecule has 0 radical (unpaired) electrons. The highest BCUT2D eigenvalue weighted by Crippen LogP contribution is 2.37. The van der Waals surface area contributed by atoms with Crippen LogP contribution < -0.4 is 5.32 Å². The summed E-state index contributed by atoms with van der Waals surface area (Å²) in [5.41, 5.74) is 2.02. The number of anilines is 1. The summed E-state index contributed by atoms with van der Waals surface area (Å²) in [6.07, 6.45) is 3.82. The van der Waals surface area contributed by atoms with E-state index in [0.717, 1.165) is 22.7 Å². The highest BCUT2D eigenvalue weighted by molar-refractivity contribution is 6.30. The zero-order valence-corrected chi connectivity index (χ0v) is 13.0. The first-order valence-electron chi connectivity index (χ1n) is 7.34. The largest absolute Gasteiger partial charge is 0.467 e. The molecule has 0 bridgehead atoms. The number of nitrogens with one attached hydrogen (secondary N) is 1. The second-order valence-corrected chi connectivity index (χ2v) is 5.98. The number of benzene rings is 1. The fraction of sp³-hybridized carbons (Fsp3) is 0.176. The lowest BCUT2D eigenvalue weighted by atomic mass is 9.87. The van der Waals surface area contributed by atoms with Crippen molar-refractivity contribution in [3.05, 3.63) is 70.8 Å². The summed E-state index contributed by atoms with van der Waals surface area (Å²) in [6, 6.07) is 11.3. The third-order valence-electron chi connectivity index (χ3n) is 4.03. The van der Waals surface area contributed by atoms with Crippen LogP contribution in [0.4, 0.5) is 5.82 Å². The number of carbonyl (C=O) groups excluding carboxylic acids is 1. The maximum absolute atomic E-state index is 12.1. The van der Waals surface area contributed by atoms with Gasteiger partial charge in [-0.25, -0.2) is 4.68 Å². The average Bonchev–Trinajstić information content (AvgIpc) is 3.18. The Morgan fingerprint density at radius 3 is 3.04 bits per heavy atom. The van der Waals surface area contributed by atoms with Gasteiger partial charge in [-0.1, -0.05) is 23.7 Å². The highest BCUT2D eigenvalue weighted by atomic mass is 35.5. The first-order valence-corrected chi connectivity index (χ1v) is 7.72. The number of rotatable bonds is 3. The molecule has 0 spiro atoms. The van der Waals surface area contributed by atoms with E-state index < -0.39 is 0 Å². The van der Waals surface area contributed by atoms with E-state index in [0.29, 0.717) is 18.0 Å². The minimum atomic E-state index is -0.0391. The van der Waals surface area contributed by atoms with E-state index in [1.807, 2.05) is 42.6 Å². The molecule has 3 heterocycles. The molecule has 0 saturated heterocycles. The van der Waals surface area contributed by atoms with Crippen molar-refractivity contribution in [2.75, 3.05) is 5.32 Å². The molecule has 3 aromatic rings. The molecule has 1 aliphatic heterocycles. The summed E-state index contributed by atoms with van der Waals surface area (Å²) in [4.78, 5) is 12.1. The number of halogens is 1. The number of hydrogen-bond donors (Lipinski definition) is 1. The third kappa shape index (κ3) is 2.64. The maximum atomic E-state index is 12.1. The Morgan fingerprint density at radius 1 is 1.35 bits per heavy atom. The monoisotopic (exact) mass is 327 g/mol. The van der Waals surface area contributed by atoms with Crippen LogP contribution in [0.1, 0.15) is 29.2 Å². The fourth-order valence-electron chi connectivity index (χ4n) is 2.96. The first kappa shape index (κ1) is 14.1. The lowest BCUT2D eigenvalue weighted by molar-refractivity contribution is -0.116. The van der Waals surface area contributed by atoms with Crippen molar-refractivity contribution >= 4 is 23.3 Å². The predicted molar refractivity (Wildman–Crippen MR) is 86.6 cm³/mol. The molecular formula is C17H14ClN3O2. The van der Waals surface area contributed by atoms with Crippen LogP contribution in [0.3, 0.4) is 0 Å². The van der Waals surface area contributed by atoms with Crippen molar-refractivity contribution in [1.29, 1.82) is 0 Å². The number of furan rings is 1. The maximum Gasteiger partial charge on any atom is 0.226 e. The van der Waals surface area contributed by atoms with Crippen LogP contribution in [0.2, 0.25) is 5.02 Å². The molecule has 0 aliphatic carbocycles. The van der Waals surface area contributed by atoms with E-state index in [1.54, 1.807) is 10.9 Å². The zero-order chi connectivity index (χ0) is 15.8. The molecular weight excluding hydrogens is 314 g/mol. The van der Waals surface area contributed by atoms with Gasteiger partial charge in [-0.2, -0.15) is 5.10 Å². The van der Waals surface area contributed by atoms with Gasteiger partial charge in [-0.05, 0) is 29.8 Å². The second kappa shape index (κ2) is 5.59. The molecule has 1 N–H and O–H groups in total. The number of fused-ring (bicyclic) bond motifs is 1. The molecule has 23 heavy (non-hydrogen) atoms. The Kier molecular flexibility index (Phi) is 3.42. The van der Waals surface area contributed by atoms with Gasteiger partial charge in [0.15, 0.2) is 0 Å². The molecule has 1 atom stereocenters. The Bertz CT molecular complexity index is 855. The van der Waals surface area contributed by atoms with Crippen molar-refractivity contribution in [3.63, 3.8) is 0 Å². The lowest BCUT2D eigenvalue weighted by Crippen LogP contribution is -2.25. The van der Waals surface area contributed by atoms with Crippen molar-refractivity contribution in [1.82, 2.24) is 9.78 Å². The Labute approximate surface area is 137 Å². The van der Waals surface area contributed by atoms with E-state index in [4.69, 9.17) is 16.0 Å². The molecule has 0 unspecified atom stereocenters. The molecule has 1 aliphatic rings. The smallest absolute Gasteiger partial charge is 0.226 e. The highest BCUT2D eigenvalue weighted by Gasteiger charge is 2.30. The van der Waals surface area contributed by atoms with Crippen LogP contribution in [0.5, 0.6) is 0 Å². The van der Waals surface area contributed by atoms with Gasteiger partial charge in [0.05, 0.1) is 12.5 Å². The third-order valence-corrected chi connectivity index (χ3v) is 4.26. The SMILES string of the molecule is O=C1C[C@@H](c2cccc(Cl)c2)c2cnn(Cc3ccco3)c2N1. The predicted octanol–water partition coefficient (Wildman–Crippen LogP) is 3.65. The van der Waals surface area contributed by atoms with E-state index in [2.05, 4.69) is 10.4 Å². The number of aromatic nitrogens is 2. The average molecular weight is 328 g/mol. The minimum absolute atomic E-state index is 0.0244. The van der Waals surface area contributed by atoms with Gasteiger partial charge in [0.1, 0.15) is 18.1 Å². The van der Waals surface area contributed by atoms with Gasteiger partial charge < -0.3 is 9.73 Å². The summed E-state index contributed by atoms with van der Waals surface area (Å²) >= 11 is 6.09. The van der Waals surface area contributed by atoms with E-state index in [9.17, 15) is 4.79 Å². The van der Waals surface area contributed by atoms with E-state index >= 15 is 0 Å². The minimum Gasteiger partial charge on any atom is -0.467 e. The standard InChI is InChI=1S/C17H14ClN3O2/c18-12-4-1-3-11(7-12)14-8-16(22)20-17-15(14)9-19-21(17)10-13-5-2-6-23-13/h1-7,9,14H,8,10H2,(H,20,22)/t14-/m0/s1. The number of carbonyl (C=O) groups is 1. The van der Waals surface area contributed by atoms with Crippen LogP contribution >= 0.6 is 11.6 Å². The molecule has 0 fully saturated rings. The Hall–Kier alpha value is -2.53. The summed E-state index contributed by atoms with van der Waals surface area (Å²) < 4.78 is 7.11. The van der Waals surface area contributed by atoms with Crippen LogP contribution in [-0.4, -0.2) is 15.7 Å². The zero-order valence-electron chi connectivity index (χ0n) is 12.2. The molecule has 1 aromatic carbocycles. The van der Waals surface area contributed by atoms with Gasteiger partial charge in [-0.15, -0.1) is 0 Å². The second-order valence-electron chi connectivity index (χ2n) is 5.55. The van der Waals surface area contributed by atoms with Crippen LogP contribution in [0.15, 0.2) is 53.3 Å². The van der Waals surface area contributed by atoms with Gasteiger partial charge in [0.2, 0.25) is 5.91 Å². The topological polar surface area (TPSA) is 60.1 Å². The van der Waals surface area contributed by atoms with Crippen molar-refractivity contribution in [3.8, 4) is 0 Å². The van der Waals surface area contributed by atoms with Crippen molar-refractivity contribution in [2.45, 2.75) is 18.9 Å². The summed E-state index contributed by atoms with van der Waals surface area (Å²) in [7, 11) is 0. The summed E-state index contributed by atoms with van der Waals surface area (Å²) in [5, 5.41) is 8.00. The first-order chi connectivity index (χ1) is 11.2. The molecule has 1 amide bonds. The summed E-state index contributed by atoms with van der Waals surface area (Å²) in [6.45, 7) is 0.477. The fourth-order valence-corrected chi connectivity index (χ4v) is 3.16. The summed E-state index contributed by atoms with van der Waals surface area (Å²) in [5.74, 6) is 1.45.